The number of pyridine rings is 1. The largest absolute Gasteiger partial charge is 0.496 e. The Morgan fingerprint density at radius 1 is 1.17 bits per heavy atom. The standard InChI is InChI=1S/C19H24N2O3/c1-19(2,3)24-18(22)21-17-13-14(11-12-20-17)9-10-15-7-5-6-8-16(15)23-4/h5-8,11-13H,9-10H2,1-4H3,(H,20,21,22). The lowest BCUT2D eigenvalue weighted by atomic mass is 10.0. The van der Waals surface area contributed by atoms with Crippen molar-refractivity contribution in [3.8, 4) is 5.75 Å². The fourth-order valence-electron chi connectivity index (χ4n) is 2.29. The number of nitrogens with zero attached hydrogens (tertiary/aromatic N) is 1. The van der Waals surface area contributed by atoms with Gasteiger partial charge in [-0.3, -0.25) is 5.32 Å². The van der Waals surface area contributed by atoms with Crippen LogP contribution < -0.4 is 10.1 Å². The second-order valence-electron chi connectivity index (χ2n) is 6.49. The zero-order chi connectivity index (χ0) is 17.6. The van der Waals surface area contributed by atoms with E-state index < -0.39 is 11.7 Å². The van der Waals surface area contributed by atoms with Crippen LogP contribution in [0.15, 0.2) is 42.6 Å². The van der Waals surface area contributed by atoms with Gasteiger partial charge in [0, 0.05) is 6.20 Å². The zero-order valence-corrected chi connectivity index (χ0v) is 14.6. The van der Waals surface area contributed by atoms with Gasteiger partial charge in [0.1, 0.15) is 17.2 Å². The Bertz CT molecular complexity index is 693. The van der Waals surface area contributed by atoms with E-state index in [2.05, 4.69) is 16.4 Å². The van der Waals surface area contributed by atoms with Gasteiger partial charge in [-0.05, 0) is 62.9 Å². The number of ether oxygens (including phenoxy) is 2. The first-order valence-electron chi connectivity index (χ1n) is 7.94. The van der Waals surface area contributed by atoms with E-state index in [4.69, 9.17) is 9.47 Å². The third-order valence-corrected chi connectivity index (χ3v) is 3.33. The van der Waals surface area contributed by atoms with Crippen LogP contribution in [0.1, 0.15) is 31.9 Å². The number of amides is 1. The minimum atomic E-state index is -0.536. The van der Waals surface area contributed by atoms with E-state index >= 15 is 0 Å². The highest BCUT2D eigenvalue weighted by Crippen LogP contribution is 2.20. The maximum absolute atomic E-state index is 11.8. The van der Waals surface area contributed by atoms with Crippen LogP contribution in [0.5, 0.6) is 5.75 Å². The molecule has 0 radical (unpaired) electrons. The van der Waals surface area contributed by atoms with Crippen molar-refractivity contribution in [1.29, 1.82) is 0 Å². The average Bonchev–Trinajstić information content (AvgIpc) is 2.51. The molecule has 2 rings (SSSR count). The first kappa shape index (κ1) is 17.8. The van der Waals surface area contributed by atoms with Crippen molar-refractivity contribution in [3.63, 3.8) is 0 Å². The van der Waals surface area contributed by atoms with E-state index in [1.165, 1.54) is 0 Å². The van der Waals surface area contributed by atoms with Crippen molar-refractivity contribution in [1.82, 2.24) is 4.98 Å². The normalized spacial score (nSPS) is 11.0. The second-order valence-corrected chi connectivity index (χ2v) is 6.49. The maximum Gasteiger partial charge on any atom is 0.413 e. The Hall–Kier alpha value is -2.56. The quantitative estimate of drug-likeness (QED) is 0.892. The third-order valence-electron chi connectivity index (χ3n) is 3.33. The van der Waals surface area contributed by atoms with Gasteiger partial charge in [-0.15, -0.1) is 0 Å². The number of hydrogen-bond acceptors (Lipinski definition) is 4. The van der Waals surface area contributed by atoms with Crippen LogP contribution in [0.4, 0.5) is 10.6 Å². The van der Waals surface area contributed by atoms with Crippen LogP contribution in [0, 0.1) is 0 Å². The van der Waals surface area contributed by atoms with Crippen molar-refractivity contribution < 1.29 is 14.3 Å². The fourth-order valence-corrected chi connectivity index (χ4v) is 2.29. The summed E-state index contributed by atoms with van der Waals surface area (Å²) in [5, 5.41) is 2.66. The molecule has 5 nitrogen and oxygen atoms in total. The molecule has 0 aliphatic heterocycles. The molecule has 0 aliphatic rings. The van der Waals surface area contributed by atoms with Crippen molar-refractivity contribution in [2.75, 3.05) is 12.4 Å². The smallest absolute Gasteiger partial charge is 0.413 e. The predicted molar refractivity (Wildman–Crippen MR) is 94.5 cm³/mol. The molecule has 24 heavy (non-hydrogen) atoms. The number of carbonyl (C=O) groups excluding carboxylic acids is 1. The number of hydrogen-bond donors (Lipinski definition) is 1. The number of nitrogens with one attached hydrogen (secondary N) is 1. The van der Waals surface area contributed by atoms with Crippen LogP contribution in [-0.2, 0) is 17.6 Å². The lowest BCUT2D eigenvalue weighted by molar-refractivity contribution is 0.0635. The molecule has 0 aliphatic carbocycles. The van der Waals surface area contributed by atoms with E-state index in [-0.39, 0.29) is 0 Å². The molecule has 1 N–H and O–H groups in total. The number of carbonyl (C=O) groups is 1. The number of aromatic nitrogens is 1. The van der Waals surface area contributed by atoms with Gasteiger partial charge in [0.2, 0.25) is 0 Å². The molecule has 1 heterocycles. The van der Waals surface area contributed by atoms with Gasteiger partial charge >= 0.3 is 6.09 Å². The molecular formula is C19H24N2O3. The van der Waals surface area contributed by atoms with Crippen molar-refractivity contribution >= 4 is 11.9 Å². The molecule has 2 aromatic rings. The van der Waals surface area contributed by atoms with Crippen LogP contribution in [-0.4, -0.2) is 23.8 Å². The van der Waals surface area contributed by atoms with E-state index in [0.29, 0.717) is 5.82 Å². The monoisotopic (exact) mass is 328 g/mol. The fraction of sp³-hybridized carbons (Fsp3) is 0.368. The van der Waals surface area contributed by atoms with Gasteiger partial charge in [-0.25, -0.2) is 9.78 Å². The Morgan fingerprint density at radius 3 is 2.62 bits per heavy atom. The molecule has 0 saturated carbocycles. The van der Waals surface area contributed by atoms with Gasteiger partial charge < -0.3 is 9.47 Å². The first-order chi connectivity index (χ1) is 11.4. The number of anilines is 1. The molecule has 1 aromatic carbocycles. The van der Waals surface area contributed by atoms with Gasteiger partial charge in [0.05, 0.1) is 7.11 Å². The molecule has 1 aromatic heterocycles. The zero-order valence-electron chi connectivity index (χ0n) is 14.6. The molecular weight excluding hydrogens is 304 g/mol. The minimum Gasteiger partial charge on any atom is -0.496 e. The summed E-state index contributed by atoms with van der Waals surface area (Å²) in [7, 11) is 1.67. The lowest BCUT2D eigenvalue weighted by Crippen LogP contribution is -2.27. The average molecular weight is 328 g/mol. The van der Waals surface area contributed by atoms with Gasteiger partial charge in [0.15, 0.2) is 0 Å². The molecule has 0 spiro atoms. The number of aryl methyl sites for hydroxylation is 2. The Morgan fingerprint density at radius 2 is 1.92 bits per heavy atom. The van der Waals surface area contributed by atoms with Crippen molar-refractivity contribution in [2.45, 2.75) is 39.2 Å². The molecule has 0 fully saturated rings. The van der Waals surface area contributed by atoms with Crippen LogP contribution in [0.25, 0.3) is 0 Å². The number of methoxy groups -OCH3 is 1. The van der Waals surface area contributed by atoms with E-state index in [0.717, 1.165) is 29.7 Å². The number of para-hydroxylation sites is 1. The molecule has 0 bridgehead atoms. The summed E-state index contributed by atoms with van der Waals surface area (Å²) in [5.74, 6) is 1.38. The first-order valence-corrected chi connectivity index (χ1v) is 7.94. The summed E-state index contributed by atoms with van der Waals surface area (Å²) < 4.78 is 10.6. The Balaban J connectivity index is 1.99. The van der Waals surface area contributed by atoms with Gasteiger partial charge in [0.25, 0.3) is 0 Å². The summed E-state index contributed by atoms with van der Waals surface area (Å²) in [6, 6.07) is 11.8. The molecule has 1 amide bonds. The number of benzene rings is 1. The highest BCUT2D eigenvalue weighted by Gasteiger charge is 2.16. The van der Waals surface area contributed by atoms with Crippen LogP contribution in [0.2, 0.25) is 0 Å². The molecule has 0 atom stereocenters. The topological polar surface area (TPSA) is 60.5 Å². The molecule has 5 heteroatoms. The number of rotatable bonds is 5. The molecule has 128 valence electrons. The maximum atomic E-state index is 11.8. The SMILES string of the molecule is COc1ccccc1CCc1ccnc(NC(=O)OC(C)(C)C)c1. The lowest BCUT2D eigenvalue weighted by Gasteiger charge is -2.19. The summed E-state index contributed by atoms with van der Waals surface area (Å²) >= 11 is 0. The highest BCUT2D eigenvalue weighted by molar-refractivity contribution is 5.83. The van der Waals surface area contributed by atoms with Gasteiger partial charge in [-0.1, -0.05) is 18.2 Å². The minimum absolute atomic E-state index is 0.488. The van der Waals surface area contributed by atoms with Crippen LogP contribution >= 0.6 is 0 Å². The Labute approximate surface area is 143 Å². The second kappa shape index (κ2) is 7.81. The third kappa shape index (κ3) is 5.57. The summed E-state index contributed by atoms with van der Waals surface area (Å²) in [6.07, 6.45) is 2.85. The van der Waals surface area contributed by atoms with E-state index in [9.17, 15) is 4.79 Å². The van der Waals surface area contributed by atoms with Gasteiger partial charge in [-0.2, -0.15) is 0 Å². The summed E-state index contributed by atoms with van der Waals surface area (Å²) in [4.78, 5) is 16.0. The molecule has 0 saturated heterocycles. The van der Waals surface area contributed by atoms with E-state index in [1.54, 1.807) is 13.3 Å². The molecule has 0 unspecified atom stereocenters. The summed E-state index contributed by atoms with van der Waals surface area (Å²) in [6.45, 7) is 5.47. The van der Waals surface area contributed by atoms with Crippen molar-refractivity contribution in [3.05, 3.63) is 53.7 Å². The van der Waals surface area contributed by atoms with Crippen LogP contribution in [0.3, 0.4) is 0 Å². The van der Waals surface area contributed by atoms with Crippen molar-refractivity contribution in [2.24, 2.45) is 0 Å². The highest BCUT2D eigenvalue weighted by atomic mass is 16.6. The predicted octanol–water partition coefficient (Wildman–Crippen LogP) is 4.22. The van der Waals surface area contributed by atoms with E-state index in [1.807, 2.05) is 51.1 Å². The Kier molecular flexibility index (Phi) is 5.79. The summed E-state index contributed by atoms with van der Waals surface area (Å²) in [5.41, 5.74) is 1.70.